The van der Waals surface area contributed by atoms with Crippen LogP contribution in [0.1, 0.15) is 27.3 Å². The predicted octanol–water partition coefficient (Wildman–Crippen LogP) is 2.04. The zero-order valence-corrected chi connectivity index (χ0v) is 14.9. The average Bonchev–Trinajstić information content (AvgIpc) is 2.64. The highest BCUT2D eigenvalue weighted by atomic mass is 16.2. The molecular weight excluding hydrogens is 316 g/mol. The highest BCUT2D eigenvalue weighted by molar-refractivity contribution is 6.06. The number of para-hydroxylation sites is 1. The normalized spacial score (nSPS) is 10.6. The summed E-state index contributed by atoms with van der Waals surface area (Å²) in [7, 11) is 5.68. The number of rotatable bonds is 7. The van der Waals surface area contributed by atoms with E-state index in [1.807, 2.05) is 44.4 Å². The smallest absolute Gasteiger partial charge is 0.269 e. The molecule has 0 aliphatic rings. The van der Waals surface area contributed by atoms with E-state index in [-0.39, 0.29) is 17.5 Å². The lowest BCUT2D eigenvalue weighted by atomic mass is 10.2. The zero-order valence-electron chi connectivity index (χ0n) is 14.9. The van der Waals surface area contributed by atoms with Crippen molar-refractivity contribution >= 4 is 17.5 Å². The van der Waals surface area contributed by atoms with E-state index in [1.54, 1.807) is 18.0 Å². The Morgan fingerprint density at radius 1 is 1.08 bits per heavy atom. The number of anilines is 1. The van der Waals surface area contributed by atoms with Crippen molar-refractivity contribution in [3.05, 3.63) is 59.9 Å². The molecule has 0 fully saturated rings. The van der Waals surface area contributed by atoms with E-state index in [2.05, 4.69) is 15.2 Å². The Balaban J connectivity index is 2.02. The number of nitrogens with one attached hydrogen (secondary N) is 1. The van der Waals surface area contributed by atoms with Gasteiger partial charge in [-0.1, -0.05) is 18.2 Å². The van der Waals surface area contributed by atoms with E-state index in [1.165, 1.54) is 12.3 Å². The number of carbonyl (C=O) groups excluding carboxylic acids is 2. The predicted molar refractivity (Wildman–Crippen MR) is 98.9 cm³/mol. The monoisotopic (exact) mass is 340 g/mol. The second-order valence-electron chi connectivity index (χ2n) is 6.04. The van der Waals surface area contributed by atoms with Gasteiger partial charge in [0.25, 0.3) is 11.8 Å². The van der Waals surface area contributed by atoms with Gasteiger partial charge in [0.1, 0.15) is 5.69 Å². The van der Waals surface area contributed by atoms with Crippen LogP contribution in [-0.2, 0) is 0 Å². The number of hydrogen-bond donors (Lipinski definition) is 1. The summed E-state index contributed by atoms with van der Waals surface area (Å²) in [6.07, 6.45) is 2.34. The highest BCUT2D eigenvalue weighted by Crippen LogP contribution is 2.15. The molecule has 0 radical (unpaired) electrons. The molecule has 1 N–H and O–H groups in total. The van der Waals surface area contributed by atoms with Crippen molar-refractivity contribution in [2.45, 2.75) is 6.42 Å². The van der Waals surface area contributed by atoms with Crippen LogP contribution in [0.2, 0.25) is 0 Å². The van der Waals surface area contributed by atoms with E-state index in [4.69, 9.17) is 0 Å². The summed E-state index contributed by atoms with van der Waals surface area (Å²) in [6, 6.07) is 12.5. The van der Waals surface area contributed by atoms with E-state index >= 15 is 0 Å². The fourth-order valence-electron chi connectivity index (χ4n) is 2.34. The summed E-state index contributed by atoms with van der Waals surface area (Å²) in [5.74, 6) is -0.453. The van der Waals surface area contributed by atoms with Gasteiger partial charge < -0.3 is 15.1 Å². The molecule has 6 nitrogen and oxygen atoms in total. The van der Waals surface area contributed by atoms with Gasteiger partial charge >= 0.3 is 0 Å². The van der Waals surface area contributed by atoms with Crippen molar-refractivity contribution in [1.29, 1.82) is 0 Å². The maximum Gasteiger partial charge on any atom is 0.269 e. The fraction of sp³-hybridized carbons (Fsp3) is 0.316. The molecule has 0 aliphatic heterocycles. The number of benzene rings is 1. The van der Waals surface area contributed by atoms with Crippen LogP contribution in [0.25, 0.3) is 0 Å². The van der Waals surface area contributed by atoms with Gasteiger partial charge in [-0.2, -0.15) is 0 Å². The van der Waals surface area contributed by atoms with Crippen LogP contribution in [0.4, 0.5) is 5.69 Å². The number of pyridine rings is 1. The molecule has 6 heteroatoms. The fourth-order valence-corrected chi connectivity index (χ4v) is 2.34. The SMILES string of the molecule is CN(C)CCCNC(=O)c1cc(C(=O)N(C)c2ccccc2)ccn1. The molecule has 25 heavy (non-hydrogen) atoms. The summed E-state index contributed by atoms with van der Waals surface area (Å²) in [5.41, 5.74) is 1.47. The molecule has 2 aromatic rings. The Morgan fingerprint density at radius 2 is 1.80 bits per heavy atom. The Hall–Kier alpha value is -2.73. The van der Waals surface area contributed by atoms with Gasteiger partial charge in [0.15, 0.2) is 0 Å². The molecule has 1 aromatic carbocycles. The third-order valence-corrected chi connectivity index (χ3v) is 3.76. The zero-order chi connectivity index (χ0) is 18.2. The number of nitrogens with zero attached hydrogens (tertiary/aromatic N) is 3. The van der Waals surface area contributed by atoms with Gasteiger partial charge in [0.05, 0.1) is 0 Å². The highest BCUT2D eigenvalue weighted by Gasteiger charge is 2.16. The Morgan fingerprint density at radius 3 is 2.48 bits per heavy atom. The molecule has 0 unspecified atom stereocenters. The van der Waals surface area contributed by atoms with Crippen LogP contribution in [0.3, 0.4) is 0 Å². The minimum atomic E-state index is -0.268. The van der Waals surface area contributed by atoms with E-state index in [0.717, 1.165) is 18.7 Å². The first-order valence-corrected chi connectivity index (χ1v) is 8.21. The summed E-state index contributed by atoms with van der Waals surface area (Å²) in [6.45, 7) is 1.47. The molecular formula is C19H24N4O2. The lowest BCUT2D eigenvalue weighted by Crippen LogP contribution is -2.29. The first-order valence-electron chi connectivity index (χ1n) is 8.21. The molecule has 0 bridgehead atoms. The minimum absolute atomic E-state index is 0.185. The van der Waals surface area contributed by atoms with Crippen LogP contribution in [0, 0.1) is 0 Å². The molecule has 1 heterocycles. The quantitative estimate of drug-likeness (QED) is 0.784. The van der Waals surface area contributed by atoms with Gasteiger partial charge in [-0.3, -0.25) is 14.6 Å². The maximum atomic E-state index is 12.6. The van der Waals surface area contributed by atoms with Gasteiger partial charge in [-0.15, -0.1) is 0 Å². The Bertz CT molecular complexity index is 716. The van der Waals surface area contributed by atoms with Crippen molar-refractivity contribution in [3.8, 4) is 0 Å². The van der Waals surface area contributed by atoms with E-state index in [9.17, 15) is 9.59 Å². The molecule has 0 saturated heterocycles. The van der Waals surface area contributed by atoms with Gasteiger partial charge in [-0.05, 0) is 51.3 Å². The summed E-state index contributed by atoms with van der Waals surface area (Å²) in [5, 5.41) is 2.83. The molecule has 2 rings (SSSR count). The van der Waals surface area contributed by atoms with E-state index in [0.29, 0.717) is 12.1 Å². The van der Waals surface area contributed by atoms with Crippen molar-refractivity contribution in [2.24, 2.45) is 0 Å². The van der Waals surface area contributed by atoms with Crippen LogP contribution in [0.15, 0.2) is 48.7 Å². The summed E-state index contributed by atoms with van der Waals surface area (Å²) in [4.78, 5) is 32.5. The first kappa shape index (κ1) is 18.6. The molecule has 0 aliphatic carbocycles. The van der Waals surface area contributed by atoms with Crippen molar-refractivity contribution < 1.29 is 9.59 Å². The van der Waals surface area contributed by atoms with Crippen molar-refractivity contribution in [1.82, 2.24) is 15.2 Å². The topological polar surface area (TPSA) is 65.5 Å². The second kappa shape index (κ2) is 8.94. The van der Waals surface area contributed by atoms with E-state index < -0.39 is 0 Å². The third-order valence-electron chi connectivity index (χ3n) is 3.76. The largest absolute Gasteiger partial charge is 0.351 e. The van der Waals surface area contributed by atoms with Gasteiger partial charge in [-0.25, -0.2) is 0 Å². The molecule has 0 spiro atoms. The molecule has 132 valence electrons. The lowest BCUT2D eigenvalue weighted by Gasteiger charge is -2.17. The number of hydrogen-bond acceptors (Lipinski definition) is 4. The number of carbonyl (C=O) groups is 2. The Labute approximate surface area is 148 Å². The summed E-state index contributed by atoms with van der Waals surface area (Å²) >= 11 is 0. The molecule has 1 aromatic heterocycles. The van der Waals surface area contributed by atoms with Crippen LogP contribution in [0.5, 0.6) is 0 Å². The van der Waals surface area contributed by atoms with Crippen LogP contribution < -0.4 is 10.2 Å². The number of amides is 2. The first-order chi connectivity index (χ1) is 12.0. The van der Waals surface area contributed by atoms with Crippen molar-refractivity contribution in [3.63, 3.8) is 0 Å². The average molecular weight is 340 g/mol. The summed E-state index contributed by atoms with van der Waals surface area (Å²) < 4.78 is 0. The Kier molecular flexibility index (Phi) is 6.65. The molecule has 0 saturated carbocycles. The number of aromatic nitrogens is 1. The van der Waals surface area contributed by atoms with Crippen LogP contribution >= 0.6 is 0 Å². The van der Waals surface area contributed by atoms with Crippen LogP contribution in [-0.4, -0.2) is 55.9 Å². The second-order valence-corrected chi connectivity index (χ2v) is 6.04. The minimum Gasteiger partial charge on any atom is -0.351 e. The van der Waals surface area contributed by atoms with Gasteiger partial charge in [0, 0.05) is 31.0 Å². The maximum absolute atomic E-state index is 12.6. The molecule has 0 atom stereocenters. The third kappa shape index (κ3) is 5.39. The standard InChI is InChI=1S/C19H24N4O2/c1-22(2)13-7-11-21-18(24)17-14-15(10-12-20-17)19(25)23(3)16-8-5-4-6-9-16/h4-6,8-10,12,14H,7,11,13H2,1-3H3,(H,21,24). The van der Waals surface area contributed by atoms with Crippen molar-refractivity contribution in [2.75, 3.05) is 39.1 Å². The van der Waals surface area contributed by atoms with Gasteiger partial charge in [0.2, 0.25) is 0 Å². The lowest BCUT2D eigenvalue weighted by molar-refractivity contribution is 0.0947. The molecule has 2 amide bonds.